The third-order valence-electron chi connectivity index (χ3n) is 18.1. The average molecular weight is 1040 g/mol. The van der Waals surface area contributed by atoms with Crippen LogP contribution in [-0.4, -0.2) is 32.0 Å². The molecular formula is C59H70Cl2N2O10. The van der Waals surface area contributed by atoms with Crippen molar-refractivity contribution in [3.8, 4) is 11.5 Å². The van der Waals surface area contributed by atoms with E-state index in [1.807, 2.05) is 6.08 Å². The Hall–Kier alpha value is -5.46. The van der Waals surface area contributed by atoms with E-state index in [9.17, 15) is 40.0 Å². The number of nitro benzene ring substituents is 2. The normalized spacial score (nSPS) is 25.7. The van der Waals surface area contributed by atoms with Gasteiger partial charge in [-0.2, -0.15) is 0 Å². The van der Waals surface area contributed by atoms with Gasteiger partial charge < -0.3 is 19.7 Å². The van der Waals surface area contributed by atoms with Gasteiger partial charge in [0, 0.05) is 24.3 Å². The molecule has 2 unspecified atom stereocenters. The third-order valence-corrected chi connectivity index (χ3v) is 18.7. The largest absolute Gasteiger partial charge is 0.486 e. The molecule has 4 aromatic carbocycles. The molecule has 0 saturated heterocycles. The van der Waals surface area contributed by atoms with Gasteiger partial charge in [-0.05, 0) is 205 Å². The van der Waals surface area contributed by atoms with Crippen molar-refractivity contribution >= 4 is 52.1 Å². The summed E-state index contributed by atoms with van der Waals surface area (Å²) < 4.78 is 12.0. The number of allylic oxidation sites excluding steroid dienone is 1. The zero-order chi connectivity index (χ0) is 52.4. The highest BCUT2D eigenvalue weighted by Crippen LogP contribution is 2.69. The van der Waals surface area contributed by atoms with Crippen molar-refractivity contribution in [1.29, 1.82) is 0 Å². The number of carbonyl (C=O) groups is 2. The predicted octanol–water partition coefficient (Wildman–Crippen LogP) is 16.3. The van der Waals surface area contributed by atoms with E-state index in [0.717, 1.165) is 48.3 Å². The van der Waals surface area contributed by atoms with Crippen LogP contribution in [0.1, 0.15) is 167 Å². The van der Waals surface area contributed by atoms with Gasteiger partial charge in [-0.3, -0.25) is 20.2 Å². The Morgan fingerprint density at radius 3 is 1.74 bits per heavy atom. The summed E-state index contributed by atoms with van der Waals surface area (Å²) in [7, 11) is 0. The van der Waals surface area contributed by atoms with E-state index >= 15 is 0 Å². The van der Waals surface area contributed by atoms with Crippen LogP contribution in [0, 0.1) is 78.4 Å². The predicted molar refractivity (Wildman–Crippen MR) is 285 cm³/mol. The number of non-ortho nitro benzene ring substituents is 2. The first-order valence-corrected chi connectivity index (χ1v) is 27.1. The van der Waals surface area contributed by atoms with Crippen molar-refractivity contribution in [3.63, 3.8) is 0 Å². The quantitative estimate of drug-likeness (QED) is 0.0639. The van der Waals surface area contributed by atoms with Gasteiger partial charge in [0.05, 0.1) is 19.9 Å². The standard InChI is InChI=1S/C59H70Cl2N2O10/c1-35(2)8-6-9-36(3)49-22-23-50-46-21-16-42-28-37(24-26-58(42,4)51(46)25-27-59(49,50)5)10-7-11-45(40-29-47(56(64)65)54(52(60)31-40)72-33-38-12-17-43(18-13-38)62(68)69)41-30-48(57(66)67)55(53(61)32-41)73-34-39-14-19-44(20-15-39)63(70)71/h11-15,17-20,29-32,35-37,42,46,49-51H,6-10,16,21-28,33-34H2,1-5H3,(H,64,65)(H,66,67)/t36-,37?,42?,46+,49-,50+,51+,58+,59-/m1/s1. The van der Waals surface area contributed by atoms with Gasteiger partial charge in [-0.25, -0.2) is 9.59 Å². The highest BCUT2D eigenvalue weighted by Gasteiger charge is 2.60. The van der Waals surface area contributed by atoms with Crippen LogP contribution in [0.2, 0.25) is 10.0 Å². The Balaban J connectivity index is 1.03. The van der Waals surface area contributed by atoms with E-state index in [0.29, 0.717) is 56.9 Å². The van der Waals surface area contributed by atoms with Crippen molar-refractivity contribution in [2.75, 3.05) is 0 Å². The van der Waals surface area contributed by atoms with Crippen molar-refractivity contribution < 1.29 is 39.1 Å². The van der Waals surface area contributed by atoms with E-state index in [4.69, 9.17) is 32.7 Å². The third kappa shape index (κ3) is 11.6. The second kappa shape index (κ2) is 22.6. The molecule has 4 aliphatic rings. The number of nitro groups is 2. The highest BCUT2D eigenvalue weighted by molar-refractivity contribution is 6.33. The summed E-state index contributed by atoms with van der Waals surface area (Å²) in [6, 6.07) is 17.5. The van der Waals surface area contributed by atoms with Crippen LogP contribution in [0.3, 0.4) is 0 Å². The highest BCUT2D eigenvalue weighted by atomic mass is 35.5. The van der Waals surface area contributed by atoms with Crippen molar-refractivity contribution in [2.45, 2.75) is 138 Å². The van der Waals surface area contributed by atoms with Gasteiger partial charge in [-0.1, -0.05) is 83.2 Å². The lowest BCUT2D eigenvalue weighted by atomic mass is 9.44. The maximum absolute atomic E-state index is 12.9. The smallest absolute Gasteiger partial charge is 0.339 e. The number of ether oxygens (including phenoxy) is 2. The lowest BCUT2D eigenvalue weighted by molar-refractivity contribution is -0.385. The van der Waals surface area contributed by atoms with Gasteiger partial charge in [-0.15, -0.1) is 0 Å². The van der Waals surface area contributed by atoms with E-state index in [1.54, 1.807) is 12.1 Å². The fourth-order valence-corrected chi connectivity index (χ4v) is 14.9. The zero-order valence-corrected chi connectivity index (χ0v) is 44.3. The molecule has 0 amide bonds. The molecule has 390 valence electrons. The summed E-state index contributed by atoms with van der Waals surface area (Å²) in [6.07, 6.45) is 19.2. The molecule has 73 heavy (non-hydrogen) atoms. The molecule has 0 radical (unpaired) electrons. The summed E-state index contributed by atoms with van der Waals surface area (Å²) in [5.41, 5.74) is 2.64. The number of benzene rings is 4. The van der Waals surface area contributed by atoms with Crippen LogP contribution < -0.4 is 9.47 Å². The second-order valence-corrected chi connectivity index (χ2v) is 23.5. The molecule has 2 N–H and O–H groups in total. The number of nitrogens with zero attached hydrogens (tertiary/aromatic N) is 2. The number of carboxylic acids is 2. The fraction of sp³-hybridized carbons (Fsp3) is 0.525. The van der Waals surface area contributed by atoms with Gasteiger partial charge >= 0.3 is 11.9 Å². The first-order chi connectivity index (χ1) is 34.8. The summed E-state index contributed by atoms with van der Waals surface area (Å²) in [6.45, 7) is 12.3. The van der Waals surface area contributed by atoms with Crippen LogP contribution in [0.4, 0.5) is 11.4 Å². The molecule has 14 heteroatoms. The fourth-order valence-electron chi connectivity index (χ4n) is 14.3. The van der Waals surface area contributed by atoms with Crippen molar-refractivity contribution in [2.24, 2.45) is 58.2 Å². The van der Waals surface area contributed by atoms with Gasteiger partial charge in [0.15, 0.2) is 11.5 Å². The number of rotatable bonds is 20. The minimum Gasteiger partial charge on any atom is -0.486 e. The Kier molecular flexibility index (Phi) is 16.6. The molecule has 12 nitrogen and oxygen atoms in total. The summed E-state index contributed by atoms with van der Waals surface area (Å²) in [5, 5.41) is 43.5. The maximum Gasteiger partial charge on any atom is 0.339 e. The van der Waals surface area contributed by atoms with Crippen LogP contribution >= 0.6 is 23.2 Å². The lowest BCUT2D eigenvalue weighted by Crippen LogP contribution is -2.53. The van der Waals surface area contributed by atoms with Gasteiger partial charge in [0.1, 0.15) is 24.3 Å². The van der Waals surface area contributed by atoms with Gasteiger partial charge in [0.2, 0.25) is 0 Å². The molecular weight excluding hydrogens is 968 g/mol. The Bertz CT molecular complexity index is 2590. The number of hydrogen-bond acceptors (Lipinski definition) is 8. The lowest BCUT2D eigenvalue weighted by Gasteiger charge is -2.61. The van der Waals surface area contributed by atoms with E-state index in [2.05, 4.69) is 34.6 Å². The summed E-state index contributed by atoms with van der Waals surface area (Å²) in [4.78, 5) is 47.3. The van der Waals surface area contributed by atoms with Crippen LogP contribution in [0.25, 0.3) is 5.57 Å². The van der Waals surface area contributed by atoms with Gasteiger partial charge in [0.25, 0.3) is 11.4 Å². The topological polar surface area (TPSA) is 179 Å². The molecule has 0 bridgehead atoms. The summed E-state index contributed by atoms with van der Waals surface area (Å²) >= 11 is 13.8. The molecule has 0 heterocycles. The van der Waals surface area contributed by atoms with Crippen molar-refractivity contribution in [3.05, 3.63) is 143 Å². The SMILES string of the molecule is CC(C)CCC[C@@H](C)[C@H]1CC[C@H]2[C@@H]3CCC4CC(CCC=C(c5cc(Cl)c(OCc6ccc([N+](=O)[O-])cc6)c(C(=O)O)c5)c5cc(Cl)c(OCc6ccc([N+](=O)[O-])cc6)c(C(=O)O)c5)CC[C@]4(C)[C@H]3CC[C@]12C. The van der Waals surface area contributed by atoms with Crippen molar-refractivity contribution in [1.82, 2.24) is 0 Å². The molecule has 4 fully saturated rings. The molecule has 4 aromatic rings. The first kappa shape index (κ1) is 53.8. The number of halogens is 2. The van der Waals surface area contributed by atoms with Crippen LogP contribution in [-0.2, 0) is 13.2 Å². The van der Waals surface area contributed by atoms with E-state index in [-0.39, 0.29) is 57.3 Å². The Labute approximate surface area is 439 Å². The van der Waals surface area contributed by atoms with E-state index in [1.165, 1.54) is 131 Å². The molecule has 9 atom stereocenters. The molecule has 0 spiro atoms. The molecule has 0 aromatic heterocycles. The molecule has 0 aliphatic heterocycles. The minimum atomic E-state index is -1.30. The number of hydrogen-bond donors (Lipinski definition) is 2. The Morgan fingerprint density at radius 2 is 1.23 bits per heavy atom. The first-order valence-electron chi connectivity index (χ1n) is 26.3. The molecule has 8 rings (SSSR count). The number of carboxylic acid groups (broad SMARTS) is 2. The maximum atomic E-state index is 12.9. The van der Waals surface area contributed by atoms with Crippen LogP contribution in [0.5, 0.6) is 11.5 Å². The zero-order valence-electron chi connectivity index (χ0n) is 42.7. The number of aromatic carboxylic acids is 2. The monoisotopic (exact) mass is 1040 g/mol. The molecule has 4 saturated carbocycles. The second-order valence-electron chi connectivity index (χ2n) is 22.7. The van der Waals surface area contributed by atoms with E-state index < -0.39 is 21.8 Å². The molecule has 4 aliphatic carbocycles. The summed E-state index contributed by atoms with van der Waals surface area (Å²) in [5.74, 6) is 3.20. The average Bonchev–Trinajstić information content (AvgIpc) is 3.71. The number of fused-ring (bicyclic) bond motifs is 5. The Morgan fingerprint density at radius 1 is 0.712 bits per heavy atom. The minimum absolute atomic E-state index is 0.00443. The van der Waals surface area contributed by atoms with Crippen LogP contribution in [0.15, 0.2) is 78.9 Å².